The van der Waals surface area contributed by atoms with Crippen molar-refractivity contribution in [1.82, 2.24) is 19.6 Å². The van der Waals surface area contributed by atoms with Crippen molar-refractivity contribution >= 4 is 5.91 Å². The molecule has 0 bridgehead atoms. The summed E-state index contributed by atoms with van der Waals surface area (Å²) in [6, 6.07) is 0.255. The first-order chi connectivity index (χ1) is 10.6. The average Bonchev–Trinajstić information content (AvgIpc) is 3.01. The number of hydrogen-bond acceptors (Lipinski definition) is 4. The molecule has 122 valence electrons. The van der Waals surface area contributed by atoms with Crippen molar-refractivity contribution in [3.63, 3.8) is 0 Å². The van der Waals surface area contributed by atoms with Crippen LogP contribution in [0.2, 0.25) is 0 Å². The number of piperidine rings is 1. The van der Waals surface area contributed by atoms with Crippen LogP contribution in [0.1, 0.15) is 31.4 Å². The highest BCUT2D eigenvalue weighted by Gasteiger charge is 2.31. The maximum Gasteiger partial charge on any atom is 0.239 e. The molecule has 0 radical (unpaired) electrons. The summed E-state index contributed by atoms with van der Waals surface area (Å²) < 4.78 is 7.40. The number of morpholine rings is 1. The smallest absolute Gasteiger partial charge is 0.239 e. The van der Waals surface area contributed by atoms with Gasteiger partial charge in [0.15, 0.2) is 0 Å². The molecule has 22 heavy (non-hydrogen) atoms. The lowest BCUT2D eigenvalue weighted by molar-refractivity contribution is -0.139. The van der Waals surface area contributed by atoms with Crippen LogP contribution in [0.25, 0.3) is 0 Å². The summed E-state index contributed by atoms with van der Waals surface area (Å²) in [4.78, 5) is 17.0. The van der Waals surface area contributed by atoms with Gasteiger partial charge in [-0.1, -0.05) is 0 Å². The summed E-state index contributed by atoms with van der Waals surface area (Å²) in [6.45, 7) is 8.87. The Balaban J connectivity index is 1.62. The number of amides is 1. The van der Waals surface area contributed by atoms with Gasteiger partial charge in [0.1, 0.15) is 0 Å². The van der Waals surface area contributed by atoms with Gasteiger partial charge in [-0.2, -0.15) is 5.10 Å². The lowest BCUT2D eigenvalue weighted by Gasteiger charge is -2.38. The van der Waals surface area contributed by atoms with E-state index in [1.54, 1.807) is 0 Å². The molecule has 2 fully saturated rings. The Bertz CT molecular complexity index is 510. The van der Waals surface area contributed by atoms with Crippen LogP contribution in [0.3, 0.4) is 0 Å². The summed E-state index contributed by atoms with van der Waals surface area (Å²) in [5, 5.41) is 4.42. The number of likely N-dealkylation sites (tertiary alicyclic amines) is 1. The number of carbonyl (C=O) groups is 1. The largest absolute Gasteiger partial charge is 0.379 e. The van der Waals surface area contributed by atoms with Crippen molar-refractivity contribution in [3.05, 3.63) is 18.0 Å². The van der Waals surface area contributed by atoms with E-state index >= 15 is 0 Å². The van der Waals surface area contributed by atoms with Gasteiger partial charge in [0.25, 0.3) is 0 Å². The van der Waals surface area contributed by atoms with Crippen LogP contribution in [-0.2, 0) is 9.53 Å². The molecule has 1 aromatic rings. The van der Waals surface area contributed by atoms with Gasteiger partial charge in [0.2, 0.25) is 5.91 Å². The van der Waals surface area contributed by atoms with Gasteiger partial charge in [0.05, 0.1) is 31.5 Å². The average molecular weight is 306 g/mol. The zero-order valence-corrected chi connectivity index (χ0v) is 13.6. The molecule has 2 aliphatic rings. The molecule has 1 aromatic heterocycles. The molecule has 0 saturated carbocycles. The molecule has 2 atom stereocenters. The molecule has 0 unspecified atom stereocenters. The van der Waals surface area contributed by atoms with E-state index in [4.69, 9.17) is 4.74 Å². The Kier molecular flexibility index (Phi) is 4.78. The van der Waals surface area contributed by atoms with E-state index in [1.165, 1.54) is 5.56 Å². The van der Waals surface area contributed by atoms with Crippen molar-refractivity contribution in [2.24, 2.45) is 0 Å². The third kappa shape index (κ3) is 3.33. The Labute approximate surface area is 132 Å². The van der Waals surface area contributed by atoms with Gasteiger partial charge in [-0.3, -0.25) is 14.4 Å². The zero-order chi connectivity index (χ0) is 15.5. The van der Waals surface area contributed by atoms with Gasteiger partial charge >= 0.3 is 0 Å². The SMILES string of the molecule is Cc1cnn([C@H]2CCCN(C(=O)[C@@H](C)N3CCOCC3)C2)c1. The number of carbonyl (C=O) groups excluding carboxylic acids is 1. The molecule has 6 nitrogen and oxygen atoms in total. The summed E-state index contributed by atoms with van der Waals surface area (Å²) in [7, 11) is 0. The van der Waals surface area contributed by atoms with E-state index in [0.717, 1.165) is 52.2 Å². The molecule has 3 rings (SSSR count). The maximum absolute atomic E-state index is 12.8. The van der Waals surface area contributed by atoms with Gasteiger partial charge < -0.3 is 9.64 Å². The quantitative estimate of drug-likeness (QED) is 0.838. The third-order valence-electron chi connectivity index (χ3n) is 4.76. The second-order valence-electron chi connectivity index (χ2n) is 6.40. The predicted molar refractivity (Wildman–Crippen MR) is 83.7 cm³/mol. The highest BCUT2D eigenvalue weighted by molar-refractivity contribution is 5.81. The molecule has 3 heterocycles. The third-order valence-corrected chi connectivity index (χ3v) is 4.76. The highest BCUT2D eigenvalue weighted by Crippen LogP contribution is 2.22. The minimum absolute atomic E-state index is 0.0537. The lowest BCUT2D eigenvalue weighted by Crippen LogP contribution is -2.53. The summed E-state index contributed by atoms with van der Waals surface area (Å²) in [5.41, 5.74) is 1.17. The van der Waals surface area contributed by atoms with Crippen molar-refractivity contribution in [3.8, 4) is 0 Å². The molecule has 2 saturated heterocycles. The van der Waals surface area contributed by atoms with E-state index in [-0.39, 0.29) is 11.9 Å². The Morgan fingerprint density at radius 1 is 1.36 bits per heavy atom. The van der Waals surface area contributed by atoms with E-state index in [2.05, 4.69) is 23.1 Å². The molecule has 0 N–H and O–H groups in total. The van der Waals surface area contributed by atoms with E-state index < -0.39 is 0 Å². The number of nitrogens with zero attached hydrogens (tertiary/aromatic N) is 4. The fourth-order valence-electron chi connectivity index (χ4n) is 3.39. The zero-order valence-electron chi connectivity index (χ0n) is 13.6. The monoisotopic (exact) mass is 306 g/mol. The number of ether oxygens (including phenoxy) is 1. The maximum atomic E-state index is 12.8. The topological polar surface area (TPSA) is 50.6 Å². The highest BCUT2D eigenvalue weighted by atomic mass is 16.5. The van der Waals surface area contributed by atoms with Gasteiger partial charge in [0, 0.05) is 32.4 Å². The fraction of sp³-hybridized carbons (Fsp3) is 0.750. The molecule has 0 aromatic carbocycles. The van der Waals surface area contributed by atoms with Crippen LogP contribution < -0.4 is 0 Å². The molecular formula is C16H26N4O2. The number of aryl methyl sites for hydroxylation is 1. The van der Waals surface area contributed by atoms with Crippen LogP contribution in [0.5, 0.6) is 0 Å². The standard InChI is InChI=1S/C16H26N4O2/c1-13-10-17-20(11-13)15-4-3-5-19(12-15)16(21)14(2)18-6-8-22-9-7-18/h10-11,14-15H,3-9,12H2,1-2H3/t14-,15+/m1/s1. The molecular weight excluding hydrogens is 280 g/mol. The second kappa shape index (κ2) is 6.79. The van der Waals surface area contributed by atoms with E-state index in [0.29, 0.717) is 6.04 Å². The Morgan fingerprint density at radius 3 is 2.82 bits per heavy atom. The van der Waals surface area contributed by atoms with Crippen molar-refractivity contribution in [1.29, 1.82) is 0 Å². The van der Waals surface area contributed by atoms with Gasteiger partial charge in [-0.15, -0.1) is 0 Å². The Morgan fingerprint density at radius 2 is 2.14 bits per heavy atom. The van der Waals surface area contributed by atoms with Crippen molar-refractivity contribution in [2.45, 2.75) is 38.8 Å². The van der Waals surface area contributed by atoms with Crippen LogP contribution in [-0.4, -0.2) is 70.9 Å². The molecule has 0 aliphatic carbocycles. The lowest BCUT2D eigenvalue weighted by atomic mass is 10.0. The van der Waals surface area contributed by atoms with E-state index in [1.807, 2.05) is 22.7 Å². The summed E-state index contributed by atoms with van der Waals surface area (Å²) in [6.07, 6.45) is 6.10. The summed E-state index contributed by atoms with van der Waals surface area (Å²) in [5.74, 6) is 0.246. The number of rotatable bonds is 3. The van der Waals surface area contributed by atoms with Crippen LogP contribution >= 0.6 is 0 Å². The van der Waals surface area contributed by atoms with Crippen molar-refractivity contribution < 1.29 is 9.53 Å². The molecule has 1 amide bonds. The van der Waals surface area contributed by atoms with Crippen LogP contribution in [0, 0.1) is 6.92 Å². The number of aromatic nitrogens is 2. The van der Waals surface area contributed by atoms with Gasteiger partial charge in [-0.25, -0.2) is 0 Å². The molecule has 6 heteroatoms. The first kappa shape index (κ1) is 15.5. The van der Waals surface area contributed by atoms with Crippen LogP contribution in [0.15, 0.2) is 12.4 Å². The normalized spacial score (nSPS) is 25.2. The second-order valence-corrected chi connectivity index (χ2v) is 6.40. The van der Waals surface area contributed by atoms with Crippen molar-refractivity contribution in [2.75, 3.05) is 39.4 Å². The first-order valence-corrected chi connectivity index (χ1v) is 8.26. The van der Waals surface area contributed by atoms with E-state index in [9.17, 15) is 4.79 Å². The minimum Gasteiger partial charge on any atom is -0.379 e. The van der Waals surface area contributed by atoms with Crippen LogP contribution in [0.4, 0.5) is 0 Å². The first-order valence-electron chi connectivity index (χ1n) is 8.26. The Hall–Kier alpha value is -1.40. The predicted octanol–water partition coefficient (Wildman–Crippen LogP) is 1.08. The fourth-order valence-corrected chi connectivity index (χ4v) is 3.39. The minimum atomic E-state index is -0.0537. The number of hydrogen-bond donors (Lipinski definition) is 0. The molecule has 2 aliphatic heterocycles. The molecule has 0 spiro atoms. The van der Waals surface area contributed by atoms with Gasteiger partial charge in [-0.05, 0) is 32.3 Å². The summed E-state index contributed by atoms with van der Waals surface area (Å²) >= 11 is 0.